The SMILES string of the molecule is C[C@@H]1CN(C(=O)COC(=O)/C=C/c2ccccc2Cl)C[C@@H](C)O1. The number of hydrogen-bond donors (Lipinski definition) is 0. The van der Waals surface area contributed by atoms with E-state index in [1.165, 1.54) is 6.08 Å². The maximum atomic E-state index is 12.1. The number of carbonyl (C=O) groups is 2. The number of ether oxygens (including phenoxy) is 2. The number of rotatable bonds is 4. The van der Waals surface area contributed by atoms with E-state index < -0.39 is 5.97 Å². The summed E-state index contributed by atoms with van der Waals surface area (Å²) in [5.74, 6) is -0.792. The van der Waals surface area contributed by atoms with Crippen LogP contribution in [0.3, 0.4) is 0 Å². The van der Waals surface area contributed by atoms with E-state index in [2.05, 4.69) is 0 Å². The molecule has 124 valence electrons. The highest BCUT2D eigenvalue weighted by atomic mass is 35.5. The molecule has 0 spiro atoms. The van der Waals surface area contributed by atoms with Gasteiger partial charge in [-0.2, -0.15) is 0 Å². The smallest absolute Gasteiger partial charge is 0.331 e. The Kier molecular flexibility index (Phi) is 6.19. The molecular weight excluding hydrogens is 318 g/mol. The monoisotopic (exact) mass is 337 g/mol. The van der Waals surface area contributed by atoms with Crippen LogP contribution in [-0.2, 0) is 19.1 Å². The molecule has 1 aliphatic rings. The number of morpholine rings is 1. The van der Waals surface area contributed by atoms with Crippen LogP contribution in [0.15, 0.2) is 30.3 Å². The molecule has 1 heterocycles. The summed E-state index contributed by atoms with van der Waals surface area (Å²) in [4.78, 5) is 25.4. The van der Waals surface area contributed by atoms with Crippen molar-refractivity contribution in [3.05, 3.63) is 40.9 Å². The van der Waals surface area contributed by atoms with Gasteiger partial charge in [0.1, 0.15) is 0 Å². The van der Waals surface area contributed by atoms with Gasteiger partial charge < -0.3 is 14.4 Å². The van der Waals surface area contributed by atoms with E-state index in [0.717, 1.165) is 0 Å². The van der Waals surface area contributed by atoms with Crippen molar-refractivity contribution in [2.45, 2.75) is 26.1 Å². The molecule has 0 unspecified atom stereocenters. The molecule has 0 bridgehead atoms. The van der Waals surface area contributed by atoms with E-state index >= 15 is 0 Å². The van der Waals surface area contributed by atoms with Crippen molar-refractivity contribution in [3.63, 3.8) is 0 Å². The Balaban J connectivity index is 1.82. The Bertz CT molecular complexity index is 592. The van der Waals surface area contributed by atoms with Crippen LogP contribution in [0.5, 0.6) is 0 Å². The summed E-state index contributed by atoms with van der Waals surface area (Å²) < 4.78 is 10.6. The van der Waals surface area contributed by atoms with E-state index in [9.17, 15) is 9.59 Å². The number of amides is 1. The summed E-state index contributed by atoms with van der Waals surface area (Å²) in [6.07, 6.45) is 2.80. The predicted molar refractivity (Wildman–Crippen MR) is 88.0 cm³/mol. The summed E-state index contributed by atoms with van der Waals surface area (Å²) in [6, 6.07) is 7.15. The van der Waals surface area contributed by atoms with Crippen LogP contribution in [0.25, 0.3) is 6.08 Å². The average molecular weight is 338 g/mol. The van der Waals surface area contributed by atoms with Crippen LogP contribution in [-0.4, -0.2) is 48.7 Å². The zero-order chi connectivity index (χ0) is 16.8. The lowest BCUT2D eigenvalue weighted by atomic mass is 10.2. The largest absolute Gasteiger partial charge is 0.452 e. The van der Waals surface area contributed by atoms with E-state index in [1.54, 1.807) is 29.2 Å². The number of esters is 1. The van der Waals surface area contributed by atoms with Crippen molar-refractivity contribution in [3.8, 4) is 0 Å². The van der Waals surface area contributed by atoms with Gasteiger partial charge in [-0.15, -0.1) is 0 Å². The van der Waals surface area contributed by atoms with E-state index in [1.807, 2.05) is 19.9 Å². The highest BCUT2D eigenvalue weighted by Gasteiger charge is 2.26. The number of benzene rings is 1. The minimum atomic E-state index is -0.576. The molecule has 1 aromatic rings. The molecule has 0 aliphatic carbocycles. The number of halogens is 1. The second kappa shape index (κ2) is 8.13. The minimum absolute atomic E-state index is 0.0153. The highest BCUT2D eigenvalue weighted by molar-refractivity contribution is 6.32. The van der Waals surface area contributed by atoms with Crippen molar-refractivity contribution < 1.29 is 19.1 Å². The lowest BCUT2D eigenvalue weighted by Crippen LogP contribution is -2.49. The zero-order valence-electron chi connectivity index (χ0n) is 13.2. The first-order valence-corrected chi connectivity index (χ1v) is 7.86. The van der Waals surface area contributed by atoms with Gasteiger partial charge in [-0.05, 0) is 31.6 Å². The Morgan fingerprint density at radius 1 is 1.30 bits per heavy atom. The van der Waals surface area contributed by atoms with E-state index in [4.69, 9.17) is 21.1 Å². The predicted octanol–water partition coefficient (Wildman–Crippen LogP) is 2.53. The lowest BCUT2D eigenvalue weighted by molar-refractivity contribution is -0.154. The van der Waals surface area contributed by atoms with Gasteiger partial charge in [0.05, 0.1) is 12.2 Å². The van der Waals surface area contributed by atoms with Gasteiger partial charge in [-0.3, -0.25) is 4.79 Å². The fourth-order valence-electron chi connectivity index (χ4n) is 2.42. The van der Waals surface area contributed by atoms with Crippen LogP contribution in [0.1, 0.15) is 19.4 Å². The summed E-state index contributed by atoms with van der Waals surface area (Å²) in [7, 11) is 0. The van der Waals surface area contributed by atoms with Crippen molar-refractivity contribution in [2.75, 3.05) is 19.7 Å². The van der Waals surface area contributed by atoms with Crippen LogP contribution >= 0.6 is 11.6 Å². The first-order chi connectivity index (χ1) is 11.0. The van der Waals surface area contributed by atoms with Gasteiger partial charge in [0.15, 0.2) is 6.61 Å². The minimum Gasteiger partial charge on any atom is -0.452 e. The average Bonchev–Trinajstić information content (AvgIpc) is 2.51. The molecule has 0 saturated carbocycles. The molecule has 23 heavy (non-hydrogen) atoms. The molecule has 6 heteroatoms. The molecule has 1 amide bonds. The highest BCUT2D eigenvalue weighted by Crippen LogP contribution is 2.16. The molecule has 1 fully saturated rings. The maximum absolute atomic E-state index is 12.1. The van der Waals surface area contributed by atoms with Crippen LogP contribution in [0, 0.1) is 0 Å². The zero-order valence-corrected chi connectivity index (χ0v) is 14.0. The fraction of sp³-hybridized carbons (Fsp3) is 0.412. The van der Waals surface area contributed by atoms with Crippen LogP contribution in [0.4, 0.5) is 0 Å². The van der Waals surface area contributed by atoms with E-state index in [-0.39, 0.29) is 24.7 Å². The molecule has 0 N–H and O–H groups in total. The van der Waals surface area contributed by atoms with Crippen molar-refractivity contribution >= 4 is 29.6 Å². The fourth-order valence-corrected chi connectivity index (χ4v) is 2.62. The molecule has 1 saturated heterocycles. The number of carbonyl (C=O) groups excluding carboxylic acids is 2. The molecule has 0 aromatic heterocycles. The molecule has 1 aliphatic heterocycles. The maximum Gasteiger partial charge on any atom is 0.331 e. The standard InChI is InChI=1S/C17H20ClNO4/c1-12-9-19(10-13(2)23-12)16(20)11-22-17(21)8-7-14-5-3-4-6-15(14)18/h3-8,12-13H,9-11H2,1-2H3/b8-7+/t12-,13-/m1/s1. The Labute approximate surface area is 140 Å². The Morgan fingerprint density at radius 3 is 2.61 bits per heavy atom. The van der Waals surface area contributed by atoms with E-state index in [0.29, 0.717) is 23.7 Å². The summed E-state index contributed by atoms with van der Waals surface area (Å²) in [6.45, 7) is 4.57. The van der Waals surface area contributed by atoms with Crippen molar-refractivity contribution in [1.29, 1.82) is 0 Å². The first kappa shape index (κ1) is 17.5. The van der Waals surface area contributed by atoms with Gasteiger partial charge >= 0.3 is 5.97 Å². The molecule has 0 radical (unpaired) electrons. The third kappa shape index (κ3) is 5.37. The molecule has 5 nitrogen and oxygen atoms in total. The summed E-state index contributed by atoms with van der Waals surface area (Å²) in [5.41, 5.74) is 0.716. The topological polar surface area (TPSA) is 55.8 Å². The molecular formula is C17H20ClNO4. The van der Waals surface area contributed by atoms with Crippen LogP contribution < -0.4 is 0 Å². The second-order valence-corrected chi connectivity index (χ2v) is 5.93. The van der Waals surface area contributed by atoms with Gasteiger partial charge in [0, 0.05) is 24.2 Å². The quantitative estimate of drug-likeness (QED) is 0.626. The third-order valence-electron chi connectivity index (χ3n) is 3.41. The van der Waals surface area contributed by atoms with Gasteiger partial charge in [-0.1, -0.05) is 29.8 Å². The molecule has 1 aromatic carbocycles. The molecule has 2 atom stereocenters. The Hall–Kier alpha value is -1.85. The number of hydrogen-bond acceptors (Lipinski definition) is 4. The van der Waals surface area contributed by atoms with Gasteiger partial charge in [0.25, 0.3) is 5.91 Å². The Morgan fingerprint density at radius 2 is 1.96 bits per heavy atom. The van der Waals surface area contributed by atoms with Crippen molar-refractivity contribution in [2.24, 2.45) is 0 Å². The number of nitrogens with zero attached hydrogens (tertiary/aromatic N) is 1. The normalized spacial score (nSPS) is 21.4. The second-order valence-electron chi connectivity index (χ2n) is 5.52. The van der Waals surface area contributed by atoms with Crippen LogP contribution in [0.2, 0.25) is 5.02 Å². The lowest BCUT2D eigenvalue weighted by Gasteiger charge is -2.35. The third-order valence-corrected chi connectivity index (χ3v) is 3.76. The summed E-state index contributed by atoms with van der Waals surface area (Å²) in [5, 5.41) is 0.545. The first-order valence-electron chi connectivity index (χ1n) is 7.48. The van der Waals surface area contributed by atoms with Crippen molar-refractivity contribution in [1.82, 2.24) is 4.90 Å². The van der Waals surface area contributed by atoms with Gasteiger partial charge in [-0.25, -0.2) is 4.79 Å². The molecule has 2 rings (SSSR count). The summed E-state index contributed by atoms with van der Waals surface area (Å²) >= 11 is 5.99. The van der Waals surface area contributed by atoms with Gasteiger partial charge in [0.2, 0.25) is 0 Å².